The molecule has 2 nitrogen and oxygen atoms in total. The van der Waals surface area contributed by atoms with Gasteiger partial charge < -0.3 is 4.74 Å². The molecule has 0 unspecified atom stereocenters. The molecule has 62 valence electrons. The second-order valence-corrected chi connectivity index (χ2v) is 3.18. The molecule has 11 heavy (non-hydrogen) atoms. The molecule has 0 aromatic rings. The third-order valence-corrected chi connectivity index (χ3v) is 1.48. The van der Waals surface area contributed by atoms with Crippen LogP contribution in [-0.4, -0.2) is 12.1 Å². The van der Waals surface area contributed by atoms with Crippen LogP contribution in [0.4, 0.5) is 0 Å². The van der Waals surface area contributed by atoms with Gasteiger partial charge >= 0.3 is 5.97 Å². The van der Waals surface area contributed by atoms with E-state index in [2.05, 4.69) is 0 Å². The minimum absolute atomic E-state index is 0.00801. The molecule has 0 N–H and O–H groups in total. The summed E-state index contributed by atoms with van der Waals surface area (Å²) in [5.41, 5.74) is 0. The summed E-state index contributed by atoms with van der Waals surface area (Å²) in [5.74, 6) is 0.432. The number of hydrogen-bond donors (Lipinski definition) is 0. The van der Waals surface area contributed by atoms with Gasteiger partial charge in [0, 0.05) is 6.08 Å². The molecule has 0 bridgehead atoms. The molecule has 0 spiro atoms. The van der Waals surface area contributed by atoms with Crippen molar-refractivity contribution in [2.24, 2.45) is 5.92 Å². The van der Waals surface area contributed by atoms with Gasteiger partial charge in [0.05, 0.1) is 6.10 Å². The molecule has 1 aliphatic rings. The van der Waals surface area contributed by atoms with E-state index < -0.39 is 0 Å². The van der Waals surface area contributed by atoms with Crippen LogP contribution in [-0.2, 0) is 9.53 Å². The summed E-state index contributed by atoms with van der Waals surface area (Å²) in [4.78, 5) is 10.9. The molecule has 0 atom stereocenters. The highest BCUT2D eigenvalue weighted by molar-refractivity contribution is 5.82. The van der Waals surface area contributed by atoms with Crippen LogP contribution in [0.3, 0.4) is 0 Å². The Morgan fingerprint density at radius 1 is 1.55 bits per heavy atom. The minimum atomic E-state index is -0.216. The van der Waals surface area contributed by atoms with Crippen molar-refractivity contribution in [3.63, 3.8) is 0 Å². The van der Waals surface area contributed by atoms with Crippen molar-refractivity contribution < 1.29 is 9.53 Å². The monoisotopic (exact) mass is 154 g/mol. The van der Waals surface area contributed by atoms with Gasteiger partial charge in [-0.3, -0.25) is 0 Å². The third kappa shape index (κ3) is 3.81. The Hall–Kier alpha value is -0.790. The molecule has 0 radical (unpaired) electrons. The topological polar surface area (TPSA) is 26.3 Å². The predicted molar refractivity (Wildman–Crippen MR) is 43.1 cm³/mol. The fourth-order valence-electron chi connectivity index (χ4n) is 0.775. The first kappa shape index (κ1) is 8.31. The average Bonchev–Trinajstić information content (AvgIpc) is 2.63. The molecule has 2 heteroatoms. The summed E-state index contributed by atoms with van der Waals surface area (Å²) >= 11 is 0. The van der Waals surface area contributed by atoms with E-state index in [0.717, 1.165) is 0 Å². The SMILES string of the molecule is CC(C)OC(=O)C=CC1CC1. The van der Waals surface area contributed by atoms with Gasteiger partial charge in [-0.25, -0.2) is 4.79 Å². The normalized spacial score (nSPS) is 17.7. The Kier molecular flexibility index (Phi) is 2.69. The van der Waals surface area contributed by atoms with Crippen molar-refractivity contribution in [2.45, 2.75) is 32.8 Å². The van der Waals surface area contributed by atoms with Crippen LogP contribution >= 0.6 is 0 Å². The van der Waals surface area contributed by atoms with E-state index in [1.807, 2.05) is 19.9 Å². The van der Waals surface area contributed by atoms with E-state index in [1.165, 1.54) is 18.9 Å². The minimum Gasteiger partial charge on any atom is -0.460 e. The van der Waals surface area contributed by atoms with Gasteiger partial charge in [-0.1, -0.05) is 6.08 Å². The van der Waals surface area contributed by atoms with E-state index in [0.29, 0.717) is 5.92 Å². The van der Waals surface area contributed by atoms with Crippen LogP contribution in [0.5, 0.6) is 0 Å². The Morgan fingerprint density at radius 2 is 2.18 bits per heavy atom. The van der Waals surface area contributed by atoms with Crippen LogP contribution in [0, 0.1) is 5.92 Å². The number of esters is 1. The summed E-state index contributed by atoms with van der Waals surface area (Å²) < 4.78 is 4.90. The van der Waals surface area contributed by atoms with Crippen molar-refractivity contribution in [1.82, 2.24) is 0 Å². The molecule has 1 aliphatic carbocycles. The van der Waals surface area contributed by atoms with Gasteiger partial charge in [0.15, 0.2) is 0 Å². The summed E-state index contributed by atoms with van der Waals surface area (Å²) in [6, 6.07) is 0. The Balaban J connectivity index is 2.18. The zero-order chi connectivity index (χ0) is 8.27. The lowest BCUT2D eigenvalue weighted by molar-refractivity contribution is -0.141. The Bertz CT molecular complexity index is 166. The molecule has 0 aromatic carbocycles. The average molecular weight is 154 g/mol. The second-order valence-electron chi connectivity index (χ2n) is 3.18. The van der Waals surface area contributed by atoms with Crippen LogP contribution in [0.15, 0.2) is 12.2 Å². The molecule has 0 heterocycles. The lowest BCUT2D eigenvalue weighted by Gasteiger charge is -2.03. The van der Waals surface area contributed by atoms with Gasteiger partial charge in [0.2, 0.25) is 0 Å². The summed E-state index contributed by atoms with van der Waals surface area (Å²) in [6.07, 6.45) is 5.92. The number of allylic oxidation sites excluding steroid dienone is 1. The van der Waals surface area contributed by atoms with Gasteiger partial charge in [-0.05, 0) is 32.6 Å². The molecular formula is C9H14O2. The number of hydrogen-bond acceptors (Lipinski definition) is 2. The molecule has 0 saturated heterocycles. The molecule has 0 amide bonds. The largest absolute Gasteiger partial charge is 0.460 e. The highest BCUT2D eigenvalue weighted by atomic mass is 16.5. The quantitative estimate of drug-likeness (QED) is 0.458. The maximum Gasteiger partial charge on any atom is 0.330 e. The summed E-state index contributed by atoms with van der Waals surface area (Å²) in [6.45, 7) is 3.70. The lowest BCUT2D eigenvalue weighted by atomic mass is 10.3. The van der Waals surface area contributed by atoms with Crippen LogP contribution < -0.4 is 0 Å². The van der Waals surface area contributed by atoms with Gasteiger partial charge in [0.25, 0.3) is 0 Å². The highest BCUT2D eigenvalue weighted by Gasteiger charge is 2.17. The fraction of sp³-hybridized carbons (Fsp3) is 0.667. The highest BCUT2D eigenvalue weighted by Crippen LogP contribution is 2.29. The first-order valence-electron chi connectivity index (χ1n) is 4.07. The van der Waals surface area contributed by atoms with Crippen molar-refractivity contribution >= 4 is 5.97 Å². The molecule has 1 rings (SSSR count). The number of carbonyl (C=O) groups is 1. The summed E-state index contributed by atoms with van der Waals surface area (Å²) in [5, 5.41) is 0. The second kappa shape index (κ2) is 3.56. The van der Waals surface area contributed by atoms with E-state index in [1.54, 1.807) is 0 Å². The standard InChI is InChI=1S/C9H14O2/c1-7(2)11-9(10)6-5-8-3-4-8/h5-8H,3-4H2,1-2H3. The molecular weight excluding hydrogens is 140 g/mol. The van der Waals surface area contributed by atoms with Gasteiger partial charge in [0.1, 0.15) is 0 Å². The number of carbonyl (C=O) groups excluding carboxylic acids is 1. The van der Waals surface area contributed by atoms with E-state index in [9.17, 15) is 4.79 Å². The summed E-state index contributed by atoms with van der Waals surface area (Å²) in [7, 11) is 0. The first-order chi connectivity index (χ1) is 5.18. The smallest absolute Gasteiger partial charge is 0.330 e. The van der Waals surface area contributed by atoms with Crippen LogP contribution in [0.25, 0.3) is 0 Å². The maximum atomic E-state index is 10.9. The number of ether oxygens (including phenoxy) is 1. The molecule has 1 fully saturated rings. The zero-order valence-electron chi connectivity index (χ0n) is 7.04. The first-order valence-corrected chi connectivity index (χ1v) is 4.07. The molecule has 1 saturated carbocycles. The van der Waals surface area contributed by atoms with E-state index >= 15 is 0 Å². The third-order valence-electron chi connectivity index (χ3n) is 1.48. The predicted octanol–water partition coefficient (Wildman–Crippen LogP) is 1.90. The van der Waals surface area contributed by atoms with Crippen molar-refractivity contribution in [3.05, 3.63) is 12.2 Å². The van der Waals surface area contributed by atoms with E-state index in [-0.39, 0.29) is 12.1 Å². The van der Waals surface area contributed by atoms with Gasteiger partial charge in [-0.15, -0.1) is 0 Å². The van der Waals surface area contributed by atoms with Gasteiger partial charge in [-0.2, -0.15) is 0 Å². The fourth-order valence-corrected chi connectivity index (χ4v) is 0.775. The molecule has 0 aliphatic heterocycles. The maximum absolute atomic E-state index is 10.9. The molecule has 0 aromatic heterocycles. The van der Waals surface area contributed by atoms with Crippen molar-refractivity contribution in [2.75, 3.05) is 0 Å². The van der Waals surface area contributed by atoms with E-state index in [4.69, 9.17) is 4.74 Å². The Labute approximate surface area is 67.2 Å². The number of rotatable bonds is 3. The van der Waals surface area contributed by atoms with Crippen LogP contribution in [0.2, 0.25) is 0 Å². The zero-order valence-corrected chi connectivity index (χ0v) is 7.04. The Morgan fingerprint density at radius 3 is 2.64 bits per heavy atom. The van der Waals surface area contributed by atoms with Crippen LogP contribution in [0.1, 0.15) is 26.7 Å². The lowest BCUT2D eigenvalue weighted by Crippen LogP contribution is -2.08. The van der Waals surface area contributed by atoms with Crippen molar-refractivity contribution in [3.8, 4) is 0 Å². The van der Waals surface area contributed by atoms with Crippen molar-refractivity contribution in [1.29, 1.82) is 0 Å².